The monoisotopic (exact) mass is 520 g/mol. The number of rotatable bonds is 13. The Morgan fingerprint density at radius 1 is 0.842 bits per heavy atom. The first-order valence-corrected chi connectivity index (χ1v) is 12.2. The number of benzene rings is 3. The number of nitrogens with zero attached hydrogens (tertiary/aromatic N) is 1. The van der Waals surface area contributed by atoms with Crippen molar-refractivity contribution in [3.8, 4) is 5.75 Å². The molecular weight excluding hydrogens is 488 g/mol. The summed E-state index contributed by atoms with van der Waals surface area (Å²) in [7, 11) is 1.52. The van der Waals surface area contributed by atoms with E-state index in [4.69, 9.17) is 14.2 Å². The second kappa shape index (κ2) is 14.4. The second-order valence-electron chi connectivity index (χ2n) is 8.44. The molecule has 9 heteroatoms. The first-order valence-electron chi connectivity index (χ1n) is 12.2. The van der Waals surface area contributed by atoms with Crippen LogP contribution in [0.25, 0.3) is 0 Å². The molecule has 3 aromatic rings. The third-order valence-corrected chi connectivity index (χ3v) is 5.71. The molecule has 38 heavy (non-hydrogen) atoms. The van der Waals surface area contributed by atoms with Crippen LogP contribution in [-0.4, -0.2) is 53.9 Å². The maximum Gasteiger partial charge on any atom is 0.425 e. The van der Waals surface area contributed by atoms with E-state index in [9.17, 15) is 19.5 Å². The Labute approximate surface area is 221 Å². The zero-order valence-electron chi connectivity index (χ0n) is 21.4. The number of ether oxygens (including phenoxy) is 3. The van der Waals surface area contributed by atoms with Crippen LogP contribution in [0.2, 0.25) is 0 Å². The van der Waals surface area contributed by atoms with Crippen molar-refractivity contribution in [3.63, 3.8) is 0 Å². The molecule has 0 aromatic heterocycles. The average molecular weight is 521 g/mol. The van der Waals surface area contributed by atoms with Gasteiger partial charge in [0.15, 0.2) is 6.04 Å². The SMILES string of the molecule is CCOC(=O)[C@H](Cc1ccccc1)N(N[C@@H](Cc1cccc(OC)c1)C(=O)O)C(=O)OCc1ccccc1. The normalized spacial score (nSPS) is 12.2. The summed E-state index contributed by atoms with van der Waals surface area (Å²) >= 11 is 0. The third kappa shape index (κ3) is 8.35. The predicted octanol–water partition coefficient (Wildman–Crippen LogP) is 4.01. The molecule has 200 valence electrons. The molecule has 0 heterocycles. The Morgan fingerprint density at radius 3 is 2.08 bits per heavy atom. The number of esters is 1. The van der Waals surface area contributed by atoms with Crippen molar-refractivity contribution >= 4 is 18.0 Å². The standard InChI is InChI=1S/C29H32N2O7/c1-3-37-28(34)26(19-21-11-6-4-7-12-21)31(29(35)38-20-22-13-8-5-9-14-22)30-25(27(32)33)18-23-15-10-16-24(17-23)36-2/h4-17,25-26,30H,3,18-20H2,1-2H3,(H,32,33)/t25-,26-/m0/s1. The Balaban J connectivity index is 1.92. The highest BCUT2D eigenvalue weighted by molar-refractivity contribution is 5.82. The predicted molar refractivity (Wildman–Crippen MR) is 140 cm³/mol. The summed E-state index contributed by atoms with van der Waals surface area (Å²) in [6.45, 7) is 1.68. The smallest absolute Gasteiger partial charge is 0.425 e. The fraction of sp³-hybridized carbons (Fsp3) is 0.276. The molecular formula is C29H32N2O7. The Hall–Kier alpha value is -4.37. The summed E-state index contributed by atoms with van der Waals surface area (Å²) in [5.74, 6) is -1.33. The van der Waals surface area contributed by atoms with E-state index < -0.39 is 30.1 Å². The topological polar surface area (TPSA) is 114 Å². The number of hydrogen-bond acceptors (Lipinski definition) is 7. The van der Waals surface area contributed by atoms with Gasteiger partial charge in [0.05, 0.1) is 13.7 Å². The molecule has 2 atom stereocenters. The van der Waals surface area contributed by atoms with Crippen LogP contribution in [0.5, 0.6) is 5.75 Å². The molecule has 3 rings (SSSR count). The van der Waals surface area contributed by atoms with Gasteiger partial charge in [-0.2, -0.15) is 0 Å². The van der Waals surface area contributed by atoms with Crippen LogP contribution < -0.4 is 10.2 Å². The van der Waals surface area contributed by atoms with Crippen LogP contribution in [0.3, 0.4) is 0 Å². The van der Waals surface area contributed by atoms with E-state index in [-0.39, 0.29) is 26.1 Å². The van der Waals surface area contributed by atoms with Crippen LogP contribution in [-0.2, 0) is 38.5 Å². The number of carboxylic acid groups (broad SMARTS) is 1. The minimum absolute atomic E-state index is 0.00980. The van der Waals surface area contributed by atoms with Crippen molar-refractivity contribution in [2.75, 3.05) is 13.7 Å². The molecule has 0 saturated carbocycles. The van der Waals surface area contributed by atoms with Gasteiger partial charge in [0.2, 0.25) is 0 Å². The molecule has 0 aliphatic heterocycles. The molecule has 0 aliphatic carbocycles. The van der Waals surface area contributed by atoms with E-state index in [1.165, 1.54) is 7.11 Å². The number of nitrogens with one attached hydrogen (secondary N) is 1. The highest BCUT2D eigenvalue weighted by Crippen LogP contribution is 2.17. The van der Waals surface area contributed by atoms with Crippen LogP contribution in [0.15, 0.2) is 84.9 Å². The summed E-state index contributed by atoms with van der Waals surface area (Å²) in [5.41, 5.74) is 4.91. The van der Waals surface area contributed by atoms with Gasteiger partial charge in [-0.25, -0.2) is 20.0 Å². The second-order valence-corrected chi connectivity index (χ2v) is 8.44. The first kappa shape index (κ1) is 28.2. The van der Waals surface area contributed by atoms with Crippen molar-refractivity contribution in [1.29, 1.82) is 0 Å². The number of hydrazine groups is 1. The van der Waals surface area contributed by atoms with Crippen LogP contribution in [0.1, 0.15) is 23.6 Å². The molecule has 1 amide bonds. The van der Waals surface area contributed by atoms with E-state index in [2.05, 4.69) is 5.43 Å². The molecule has 3 aromatic carbocycles. The molecule has 0 unspecified atom stereocenters. The van der Waals surface area contributed by atoms with Crippen molar-refractivity contribution in [3.05, 3.63) is 102 Å². The average Bonchev–Trinajstić information content (AvgIpc) is 2.94. The highest BCUT2D eigenvalue weighted by Gasteiger charge is 2.36. The highest BCUT2D eigenvalue weighted by atomic mass is 16.6. The number of carbonyl (C=O) groups excluding carboxylic acids is 2. The van der Waals surface area contributed by atoms with E-state index in [0.717, 1.165) is 16.1 Å². The molecule has 2 N–H and O–H groups in total. The molecule has 0 radical (unpaired) electrons. The lowest BCUT2D eigenvalue weighted by molar-refractivity contribution is -0.152. The molecule has 0 spiro atoms. The zero-order chi connectivity index (χ0) is 27.3. The fourth-order valence-corrected chi connectivity index (χ4v) is 3.81. The zero-order valence-corrected chi connectivity index (χ0v) is 21.4. The summed E-state index contributed by atoms with van der Waals surface area (Å²) in [6, 6.07) is 22.6. The molecule has 0 aliphatic rings. The van der Waals surface area contributed by atoms with Gasteiger partial charge < -0.3 is 19.3 Å². The largest absolute Gasteiger partial charge is 0.497 e. The summed E-state index contributed by atoms with van der Waals surface area (Å²) in [4.78, 5) is 38.8. The van der Waals surface area contributed by atoms with Crippen molar-refractivity contribution in [2.45, 2.75) is 38.5 Å². The van der Waals surface area contributed by atoms with E-state index >= 15 is 0 Å². The quantitative estimate of drug-likeness (QED) is 0.257. The van der Waals surface area contributed by atoms with Gasteiger partial charge in [-0.3, -0.25) is 4.79 Å². The van der Waals surface area contributed by atoms with E-state index in [0.29, 0.717) is 11.3 Å². The number of aliphatic carboxylic acids is 1. The van der Waals surface area contributed by atoms with Gasteiger partial charge in [-0.1, -0.05) is 72.8 Å². The van der Waals surface area contributed by atoms with Gasteiger partial charge in [0.1, 0.15) is 18.4 Å². The van der Waals surface area contributed by atoms with Gasteiger partial charge in [-0.05, 0) is 35.7 Å². The maximum absolute atomic E-state index is 13.4. The number of carbonyl (C=O) groups is 3. The van der Waals surface area contributed by atoms with Crippen LogP contribution in [0, 0.1) is 0 Å². The van der Waals surface area contributed by atoms with E-state index in [1.807, 2.05) is 48.5 Å². The van der Waals surface area contributed by atoms with Gasteiger partial charge >= 0.3 is 18.0 Å². The van der Waals surface area contributed by atoms with Crippen molar-refractivity contribution < 1.29 is 33.7 Å². The van der Waals surface area contributed by atoms with Gasteiger partial charge in [-0.15, -0.1) is 0 Å². The number of amides is 1. The summed E-state index contributed by atoms with van der Waals surface area (Å²) in [6.07, 6.45) is -0.811. The summed E-state index contributed by atoms with van der Waals surface area (Å²) in [5, 5.41) is 11.0. The molecule has 0 saturated heterocycles. The van der Waals surface area contributed by atoms with Crippen LogP contribution >= 0.6 is 0 Å². The van der Waals surface area contributed by atoms with Crippen molar-refractivity contribution in [1.82, 2.24) is 10.4 Å². The van der Waals surface area contributed by atoms with Gasteiger partial charge in [0, 0.05) is 12.8 Å². The fourth-order valence-electron chi connectivity index (χ4n) is 3.81. The lowest BCUT2D eigenvalue weighted by Crippen LogP contribution is -2.59. The third-order valence-electron chi connectivity index (χ3n) is 5.71. The Morgan fingerprint density at radius 2 is 1.47 bits per heavy atom. The van der Waals surface area contributed by atoms with Gasteiger partial charge in [0.25, 0.3) is 0 Å². The van der Waals surface area contributed by atoms with Crippen molar-refractivity contribution in [2.24, 2.45) is 0 Å². The lowest BCUT2D eigenvalue weighted by Gasteiger charge is -2.32. The van der Waals surface area contributed by atoms with Crippen LogP contribution in [0.4, 0.5) is 4.79 Å². The minimum Gasteiger partial charge on any atom is -0.497 e. The Kier molecular flexibility index (Phi) is 10.7. The minimum atomic E-state index is -1.26. The van der Waals surface area contributed by atoms with E-state index in [1.54, 1.807) is 43.3 Å². The maximum atomic E-state index is 13.4. The summed E-state index contributed by atoms with van der Waals surface area (Å²) < 4.78 is 16.0. The number of hydrogen-bond donors (Lipinski definition) is 2. The number of methoxy groups -OCH3 is 1. The lowest BCUT2D eigenvalue weighted by atomic mass is 10.0. The molecule has 9 nitrogen and oxygen atoms in total. The number of carboxylic acids is 1. The molecule has 0 fully saturated rings. The Bertz CT molecular complexity index is 1190. The first-order chi connectivity index (χ1) is 18.4. The molecule has 0 bridgehead atoms.